The van der Waals surface area contributed by atoms with Gasteiger partial charge < -0.3 is 10.4 Å². The van der Waals surface area contributed by atoms with E-state index in [4.69, 9.17) is 0 Å². The van der Waals surface area contributed by atoms with Crippen molar-refractivity contribution in [2.75, 3.05) is 6.54 Å². The van der Waals surface area contributed by atoms with E-state index < -0.39 is 11.9 Å². The maximum Gasteiger partial charge on any atom is 0.312 e. The highest BCUT2D eigenvalue weighted by atomic mass is 32.1. The van der Waals surface area contributed by atoms with Gasteiger partial charge in [-0.3, -0.25) is 9.59 Å². The van der Waals surface area contributed by atoms with Gasteiger partial charge in [0.25, 0.3) is 5.91 Å². The molecule has 0 fully saturated rings. The Morgan fingerprint density at radius 2 is 1.90 bits per heavy atom. The van der Waals surface area contributed by atoms with Crippen molar-refractivity contribution in [3.05, 3.63) is 57.8 Å². The second kappa shape index (κ2) is 7.04. The molecule has 1 aromatic heterocycles. The Hall–Kier alpha value is -2.14. The molecule has 21 heavy (non-hydrogen) atoms. The van der Waals surface area contributed by atoms with E-state index in [1.54, 1.807) is 30.3 Å². The average Bonchev–Trinajstić information content (AvgIpc) is 2.97. The number of aryl methyl sites for hydroxylation is 1. The monoisotopic (exact) mass is 303 g/mol. The van der Waals surface area contributed by atoms with E-state index in [0.29, 0.717) is 10.4 Å². The Labute approximate surface area is 127 Å². The Balaban J connectivity index is 2.02. The number of carbonyl (C=O) groups excluding carboxylic acids is 1. The van der Waals surface area contributed by atoms with Gasteiger partial charge in [0.05, 0.1) is 10.8 Å². The Kier molecular flexibility index (Phi) is 5.11. The average molecular weight is 303 g/mol. The number of aliphatic carboxylic acids is 1. The number of hydrogen-bond donors (Lipinski definition) is 2. The van der Waals surface area contributed by atoms with Gasteiger partial charge in [0.2, 0.25) is 0 Å². The number of benzene rings is 1. The van der Waals surface area contributed by atoms with Gasteiger partial charge >= 0.3 is 5.97 Å². The fourth-order valence-corrected chi connectivity index (χ4v) is 2.87. The summed E-state index contributed by atoms with van der Waals surface area (Å²) >= 11 is 1.44. The molecule has 110 valence electrons. The smallest absolute Gasteiger partial charge is 0.312 e. The van der Waals surface area contributed by atoms with Gasteiger partial charge in [-0.2, -0.15) is 0 Å². The topological polar surface area (TPSA) is 66.4 Å². The fraction of sp³-hybridized carbons (Fsp3) is 0.250. The number of amides is 1. The zero-order chi connectivity index (χ0) is 15.2. The molecule has 2 aromatic rings. The fourth-order valence-electron chi connectivity index (χ4n) is 2.00. The molecule has 0 radical (unpaired) electrons. The van der Waals surface area contributed by atoms with Crippen molar-refractivity contribution in [3.63, 3.8) is 0 Å². The lowest BCUT2D eigenvalue weighted by molar-refractivity contribution is -0.138. The SMILES string of the molecule is CCc1ccc(C(=O)NCC(C(=O)O)c2ccccc2)s1. The summed E-state index contributed by atoms with van der Waals surface area (Å²) in [7, 11) is 0. The molecule has 2 N–H and O–H groups in total. The molecule has 1 heterocycles. The molecule has 0 saturated heterocycles. The molecule has 1 amide bonds. The van der Waals surface area contributed by atoms with E-state index >= 15 is 0 Å². The van der Waals surface area contributed by atoms with Crippen LogP contribution in [-0.4, -0.2) is 23.5 Å². The molecule has 5 heteroatoms. The van der Waals surface area contributed by atoms with Crippen molar-refractivity contribution < 1.29 is 14.7 Å². The van der Waals surface area contributed by atoms with Crippen LogP contribution < -0.4 is 5.32 Å². The largest absolute Gasteiger partial charge is 0.481 e. The number of hydrogen-bond acceptors (Lipinski definition) is 3. The van der Waals surface area contributed by atoms with Crippen LogP contribution in [0.15, 0.2) is 42.5 Å². The summed E-state index contributed by atoms with van der Waals surface area (Å²) in [5.74, 6) is -1.90. The third kappa shape index (κ3) is 3.92. The lowest BCUT2D eigenvalue weighted by Crippen LogP contribution is -2.31. The van der Waals surface area contributed by atoms with Crippen LogP contribution in [0.3, 0.4) is 0 Å². The van der Waals surface area contributed by atoms with Crippen LogP contribution in [0, 0.1) is 0 Å². The van der Waals surface area contributed by atoms with E-state index in [1.807, 2.05) is 19.1 Å². The molecular weight excluding hydrogens is 286 g/mol. The van der Waals surface area contributed by atoms with Crippen molar-refractivity contribution in [2.24, 2.45) is 0 Å². The lowest BCUT2D eigenvalue weighted by atomic mass is 9.99. The second-order valence-electron chi connectivity index (χ2n) is 4.63. The molecule has 0 aliphatic heterocycles. The summed E-state index contributed by atoms with van der Waals surface area (Å²) in [6.07, 6.45) is 0.889. The maximum absolute atomic E-state index is 12.0. The number of carboxylic acid groups (broad SMARTS) is 1. The van der Waals surface area contributed by atoms with E-state index in [2.05, 4.69) is 5.32 Å². The van der Waals surface area contributed by atoms with E-state index in [0.717, 1.165) is 11.3 Å². The molecule has 1 aromatic carbocycles. The molecule has 1 unspecified atom stereocenters. The summed E-state index contributed by atoms with van der Waals surface area (Å²) in [6.45, 7) is 2.11. The minimum absolute atomic E-state index is 0.0809. The first-order valence-corrected chi connectivity index (χ1v) is 7.58. The predicted octanol–water partition coefficient (Wildman–Crippen LogP) is 2.91. The summed E-state index contributed by atoms with van der Waals surface area (Å²) in [5.41, 5.74) is 0.686. The zero-order valence-electron chi connectivity index (χ0n) is 11.7. The highest BCUT2D eigenvalue weighted by Gasteiger charge is 2.21. The van der Waals surface area contributed by atoms with Gasteiger partial charge in [-0.15, -0.1) is 11.3 Å². The molecule has 0 bridgehead atoms. The summed E-state index contributed by atoms with van der Waals surface area (Å²) in [5, 5.41) is 12.0. The van der Waals surface area contributed by atoms with Gasteiger partial charge in [-0.1, -0.05) is 37.3 Å². The summed E-state index contributed by atoms with van der Waals surface area (Å²) in [6, 6.07) is 12.6. The molecule has 0 saturated carbocycles. The van der Waals surface area contributed by atoms with Crippen LogP contribution in [0.25, 0.3) is 0 Å². The van der Waals surface area contributed by atoms with Crippen molar-refractivity contribution in [1.29, 1.82) is 0 Å². The molecule has 4 nitrogen and oxygen atoms in total. The van der Waals surface area contributed by atoms with Crippen molar-refractivity contribution in [2.45, 2.75) is 19.3 Å². The van der Waals surface area contributed by atoms with E-state index in [1.165, 1.54) is 11.3 Å². The number of carboxylic acids is 1. The predicted molar refractivity (Wildman–Crippen MR) is 82.8 cm³/mol. The minimum Gasteiger partial charge on any atom is -0.481 e. The second-order valence-corrected chi connectivity index (χ2v) is 5.80. The highest BCUT2D eigenvalue weighted by Crippen LogP contribution is 2.18. The van der Waals surface area contributed by atoms with Crippen LogP contribution in [-0.2, 0) is 11.2 Å². The first-order valence-electron chi connectivity index (χ1n) is 6.76. The van der Waals surface area contributed by atoms with Gasteiger partial charge in [-0.05, 0) is 24.1 Å². The highest BCUT2D eigenvalue weighted by molar-refractivity contribution is 7.14. The van der Waals surface area contributed by atoms with Crippen molar-refractivity contribution in [1.82, 2.24) is 5.32 Å². The normalized spacial score (nSPS) is 11.9. The standard InChI is InChI=1S/C16H17NO3S/c1-2-12-8-9-14(21-12)15(18)17-10-13(16(19)20)11-6-4-3-5-7-11/h3-9,13H,2,10H2,1H3,(H,17,18)(H,19,20). The molecule has 2 rings (SSSR count). The Bertz CT molecular complexity index is 621. The van der Waals surface area contributed by atoms with Gasteiger partial charge in [0, 0.05) is 11.4 Å². The van der Waals surface area contributed by atoms with Crippen LogP contribution >= 0.6 is 11.3 Å². The Morgan fingerprint density at radius 3 is 2.48 bits per heavy atom. The first kappa shape index (κ1) is 15.3. The third-order valence-corrected chi connectivity index (χ3v) is 4.43. The van der Waals surface area contributed by atoms with Crippen molar-refractivity contribution >= 4 is 23.2 Å². The van der Waals surface area contributed by atoms with E-state index in [-0.39, 0.29) is 12.5 Å². The van der Waals surface area contributed by atoms with Gasteiger partial charge in [0.15, 0.2) is 0 Å². The minimum atomic E-state index is -0.943. The zero-order valence-corrected chi connectivity index (χ0v) is 12.5. The first-order chi connectivity index (χ1) is 10.1. The van der Waals surface area contributed by atoms with Crippen molar-refractivity contribution in [3.8, 4) is 0 Å². The summed E-state index contributed by atoms with van der Waals surface area (Å²) < 4.78 is 0. The van der Waals surface area contributed by atoms with Crippen LogP contribution in [0.4, 0.5) is 0 Å². The quantitative estimate of drug-likeness (QED) is 0.862. The molecule has 0 spiro atoms. The lowest BCUT2D eigenvalue weighted by Gasteiger charge is -2.13. The van der Waals surface area contributed by atoms with E-state index in [9.17, 15) is 14.7 Å². The van der Waals surface area contributed by atoms with Crippen LogP contribution in [0.1, 0.15) is 33.0 Å². The molecular formula is C16H17NO3S. The van der Waals surface area contributed by atoms with Gasteiger partial charge in [0.1, 0.15) is 0 Å². The number of nitrogens with one attached hydrogen (secondary N) is 1. The van der Waals surface area contributed by atoms with Gasteiger partial charge in [-0.25, -0.2) is 0 Å². The molecule has 0 aliphatic rings. The maximum atomic E-state index is 12.0. The van der Waals surface area contributed by atoms with Crippen LogP contribution in [0.5, 0.6) is 0 Å². The number of carbonyl (C=O) groups is 2. The number of thiophene rings is 1. The number of rotatable bonds is 6. The molecule has 0 aliphatic carbocycles. The Morgan fingerprint density at radius 1 is 1.19 bits per heavy atom. The molecule has 1 atom stereocenters. The third-order valence-electron chi connectivity index (χ3n) is 3.20. The summed E-state index contributed by atoms with van der Waals surface area (Å²) in [4.78, 5) is 25.1. The van der Waals surface area contributed by atoms with Crippen LogP contribution in [0.2, 0.25) is 0 Å².